The highest BCUT2D eigenvalue weighted by atomic mass is 32.1. The monoisotopic (exact) mass is 471 g/mol. The predicted molar refractivity (Wildman–Crippen MR) is 137 cm³/mol. The number of benzene rings is 2. The van der Waals surface area contributed by atoms with Gasteiger partial charge in [0, 0.05) is 34.3 Å². The number of fused-ring (bicyclic) bond motifs is 4. The Morgan fingerprint density at radius 3 is 2.74 bits per heavy atom. The minimum Gasteiger partial charge on any atom is -0.494 e. The lowest BCUT2D eigenvalue weighted by Crippen LogP contribution is -2.35. The van der Waals surface area contributed by atoms with Crippen molar-refractivity contribution in [3.05, 3.63) is 97.0 Å². The third-order valence-electron chi connectivity index (χ3n) is 7.17. The van der Waals surface area contributed by atoms with Gasteiger partial charge in [0.25, 0.3) is 0 Å². The van der Waals surface area contributed by atoms with Crippen molar-refractivity contribution < 1.29 is 9.15 Å². The molecule has 4 aromatic rings. The van der Waals surface area contributed by atoms with E-state index >= 15 is 0 Å². The summed E-state index contributed by atoms with van der Waals surface area (Å²) in [5.41, 5.74) is 5.88. The van der Waals surface area contributed by atoms with Crippen molar-refractivity contribution in [3.63, 3.8) is 0 Å². The predicted octanol–water partition coefficient (Wildman–Crippen LogP) is 6.28. The van der Waals surface area contributed by atoms with Crippen LogP contribution in [0, 0.1) is 0 Å². The molecular weight excluding hydrogens is 442 g/mol. The van der Waals surface area contributed by atoms with Crippen LogP contribution in [0.25, 0.3) is 11.0 Å². The molecule has 34 heavy (non-hydrogen) atoms. The second-order valence-corrected chi connectivity index (χ2v) is 10.4. The summed E-state index contributed by atoms with van der Waals surface area (Å²) in [6.07, 6.45) is 6.14. The van der Waals surface area contributed by atoms with E-state index in [-0.39, 0.29) is 11.7 Å². The summed E-state index contributed by atoms with van der Waals surface area (Å²) in [6, 6.07) is 18.4. The lowest BCUT2D eigenvalue weighted by molar-refractivity contribution is 0.208. The van der Waals surface area contributed by atoms with Gasteiger partial charge in [0.05, 0.1) is 12.6 Å². The van der Waals surface area contributed by atoms with Gasteiger partial charge in [-0.2, -0.15) is 0 Å². The van der Waals surface area contributed by atoms with E-state index in [2.05, 4.69) is 35.2 Å². The Bertz CT molecular complexity index is 1390. The second-order valence-electron chi connectivity index (χ2n) is 9.27. The third kappa shape index (κ3) is 3.87. The van der Waals surface area contributed by atoms with Crippen molar-refractivity contribution in [1.29, 1.82) is 0 Å². The zero-order chi connectivity index (χ0) is 23.1. The third-order valence-corrected chi connectivity index (χ3v) is 8.56. The van der Waals surface area contributed by atoms with Gasteiger partial charge >= 0.3 is 5.63 Å². The molecule has 0 amide bonds. The molecule has 1 aliphatic heterocycles. The first kappa shape index (κ1) is 21.6. The molecule has 2 aromatic carbocycles. The van der Waals surface area contributed by atoms with E-state index in [0.717, 1.165) is 29.7 Å². The summed E-state index contributed by atoms with van der Waals surface area (Å²) >= 11 is 2.03. The summed E-state index contributed by atoms with van der Waals surface area (Å²) in [5, 5.41) is 0.952. The zero-order valence-electron chi connectivity index (χ0n) is 19.5. The van der Waals surface area contributed by atoms with Crippen molar-refractivity contribution in [3.8, 4) is 5.75 Å². The van der Waals surface area contributed by atoms with Crippen LogP contribution in [-0.2, 0) is 25.8 Å². The quantitative estimate of drug-likeness (QED) is 0.321. The van der Waals surface area contributed by atoms with Crippen LogP contribution in [0.4, 0.5) is 0 Å². The number of nitrogens with zero attached hydrogens (tertiary/aromatic N) is 1. The molecule has 174 valence electrons. The van der Waals surface area contributed by atoms with Gasteiger partial charge in [0.15, 0.2) is 0 Å². The number of ether oxygens (including phenoxy) is 1. The first-order chi connectivity index (χ1) is 16.7. The molecule has 6 rings (SSSR count). The minimum absolute atomic E-state index is 0.206. The lowest BCUT2D eigenvalue weighted by Gasteiger charge is -2.36. The zero-order valence-corrected chi connectivity index (χ0v) is 20.3. The summed E-state index contributed by atoms with van der Waals surface area (Å²) in [5.74, 6) is 0.802. The molecule has 5 heteroatoms. The van der Waals surface area contributed by atoms with E-state index in [1.165, 1.54) is 36.1 Å². The summed E-state index contributed by atoms with van der Waals surface area (Å²) in [7, 11) is 0. The van der Waals surface area contributed by atoms with E-state index in [1.54, 1.807) is 22.1 Å². The number of hydrogen-bond acceptors (Lipinski definition) is 5. The Balaban J connectivity index is 1.44. The fraction of sp³-hybridized carbons (Fsp3) is 0.345. The second kappa shape index (κ2) is 9.05. The molecular formula is C29H29NO3S. The number of aryl methyl sites for hydroxylation is 1. The average molecular weight is 472 g/mol. The molecule has 4 nitrogen and oxygen atoms in total. The molecule has 0 N–H and O–H groups in total. The fourth-order valence-electron chi connectivity index (χ4n) is 5.68. The van der Waals surface area contributed by atoms with Crippen LogP contribution in [0.3, 0.4) is 0 Å². The van der Waals surface area contributed by atoms with Crippen molar-refractivity contribution in [2.75, 3.05) is 13.2 Å². The van der Waals surface area contributed by atoms with Crippen LogP contribution < -0.4 is 10.4 Å². The van der Waals surface area contributed by atoms with Crippen LogP contribution >= 0.6 is 11.3 Å². The van der Waals surface area contributed by atoms with Crippen molar-refractivity contribution in [2.45, 2.75) is 51.6 Å². The Morgan fingerprint density at radius 2 is 1.88 bits per heavy atom. The average Bonchev–Trinajstić information content (AvgIpc) is 3.23. The maximum Gasteiger partial charge on any atom is 0.336 e. The van der Waals surface area contributed by atoms with Crippen molar-refractivity contribution in [1.82, 2.24) is 4.90 Å². The smallest absolute Gasteiger partial charge is 0.336 e. The standard InChI is InChI=1S/C29H29NO3S/c1-2-32-21-12-13-25-24(17-21)20(16-27(31)33-25)18-30-15-14-23-22-10-6-7-11-26(22)34-29(23)28(30)19-8-4-3-5-9-19/h3-5,8-9,12-13,16-17,28H,2,6-7,10-11,14-15,18H2,1H3/t28-/m0/s1. The highest BCUT2D eigenvalue weighted by Gasteiger charge is 2.34. The summed E-state index contributed by atoms with van der Waals surface area (Å²) < 4.78 is 11.3. The van der Waals surface area contributed by atoms with Crippen molar-refractivity contribution in [2.24, 2.45) is 0 Å². The maximum absolute atomic E-state index is 12.4. The molecule has 0 fully saturated rings. The molecule has 0 saturated heterocycles. The fourth-order valence-corrected chi connectivity index (χ4v) is 7.28. The molecule has 0 radical (unpaired) electrons. The Morgan fingerprint density at radius 1 is 1.03 bits per heavy atom. The van der Waals surface area contributed by atoms with Gasteiger partial charge in [-0.05, 0) is 79.5 Å². The van der Waals surface area contributed by atoms with Crippen LogP contribution in [-0.4, -0.2) is 18.1 Å². The first-order valence-electron chi connectivity index (χ1n) is 12.3. The number of rotatable bonds is 5. The molecule has 0 spiro atoms. The molecule has 0 bridgehead atoms. The first-order valence-corrected chi connectivity index (χ1v) is 13.1. The van der Waals surface area contributed by atoms with Crippen LogP contribution in [0.5, 0.6) is 5.75 Å². The van der Waals surface area contributed by atoms with Crippen LogP contribution in [0.2, 0.25) is 0 Å². The minimum atomic E-state index is -0.299. The van der Waals surface area contributed by atoms with Crippen LogP contribution in [0.1, 0.15) is 57.8 Å². The van der Waals surface area contributed by atoms with Gasteiger partial charge in [-0.3, -0.25) is 4.90 Å². The molecule has 3 heterocycles. The molecule has 1 atom stereocenters. The van der Waals surface area contributed by atoms with E-state index in [1.807, 2.05) is 36.5 Å². The van der Waals surface area contributed by atoms with Crippen molar-refractivity contribution >= 4 is 22.3 Å². The van der Waals surface area contributed by atoms with Gasteiger partial charge in [-0.1, -0.05) is 30.3 Å². The Labute approximate surface area is 203 Å². The highest BCUT2D eigenvalue weighted by Crippen LogP contribution is 2.45. The molecule has 2 aliphatic rings. The topological polar surface area (TPSA) is 42.7 Å². The Hall–Kier alpha value is -2.89. The molecule has 0 saturated carbocycles. The van der Waals surface area contributed by atoms with Gasteiger partial charge in [0.1, 0.15) is 11.3 Å². The van der Waals surface area contributed by atoms with E-state index in [4.69, 9.17) is 9.15 Å². The summed E-state index contributed by atoms with van der Waals surface area (Å²) in [6.45, 7) is 4.25. The van der Waals surface area contributed by atoms with E-state index in [0.29, 0.717) is 18.7 Å². The van der Waals surface area contributed by atoms with E-state index < -0.39 is 0 Å². The van der Waals surface area contributed by atoms with Gasteiger partial charge in [-0.15, -0.1) is 11.3 Å². The largest absolute Gasteiger partial charge is 0.494 e. The molecule has 0 unspecified atom stereocenters. The van der Waals surface area contributed by atoms with Gasteiger partial charge in [0.2, 0.25) is 0 Å². The normalized spacial score (nSPS) is 18.0. The molecule has 2 aromatic heterocycles. The SMILES string of the molecule is CCOc1ccc2oc(=O)cc(CN3CCc4c(sc5c4CCCC5)[C@@H]3c3ccccc3)c2c1. The van der Waals surface area contributed by atoms with E-state index in [9.17, 15) is 4.79 Å². The van der Waals surface area contributed by atoms with Gasteiger partial charge < -0.3 is 9.15 Å². The Kier molecular flexibility index (Phi) is 5.75. The number of hydrogen-bond donors (Lipinski definition) is 0. The lowest BCUT2D eigenvalue weighted by atomic mass is 9.88. The molecule has 1 aliphatic carbocycles. The van der Waals surface area contributed by atoms with Gasteiger partial charge in [-0.25, -0.2) is 4.79 Å². The number of thiophene rings is 1. The maximum atomic E-state index is 12.4. The summed E-state index contributed by atoms with van der Waals surface area (Å²) in [4.78, 5) is 18.1. The van der Waals surface area contributed by atoms with Crippen LogP contribution in [0.15, 0.2) is 63.8 Å². The highest BCUT2D eigenvalue weighted by molar-refractivity contribution is 7.12.